The van der Waals surface area contributed by atoms with Crippen molar-refractivity contribution in [2.24, 2.45) is 16.7 Å². The van der Waals surface area contributed by atoms with Gasteiger partial charge >= 0.3 is 6.09 Å². The van der Waals surface area contributed by atoms with Crippen LogP contribution in [0.5, 0.6) is 0 Å². The number of hydrogen-bond acceptors (Lipinski definition) is 3. The lowest BCUT2D eigenvalue weighted by Crippen LogP contribution is -2.56. The fraction of sp³-hybridized carbons (Fsp3) is 0.933. The second-order valence-corrected chi connectivity index (χ2v) is 7.20. The average Bonchev–Trinajstić information content (AvgIpc) is 2.38. The van der Waals surface area contributed by atoms with Crippen LogP contribution in [0.25, 0.3) is 0 Å². The first-order chi connectivity index (χ1) is 8.89. The number of ether oxygens (including phenoxy) is 1. The number of methoxy groups -OCH3 is 1. The molecule has 0 aliphatic carbocycles. The van der Waals surface area contributed by atoms with Crippen molar-refractivity contribution in [1.82, 2.24) is 10.2 Å². The minimum absolute atomic E-state index is 0.168. The number of amides is 1. The van der Waals surface area contributed by atoms with Gasteiger partial charge in [0, 0.05) is 13.1 Å². The molecule has 1 atom stereocenters. The van der Waals surface area contributed by atoms with E-state index in [1.807, 2.05) is 4.90 Å². The Kier molecular flexibility index (Phi) is 4.09. The Hall–Kier alpha value is -0.770. The van der Waals surface area contributed by atoms with E-state index >= 15 is 0 Å². The Morgan fingerprint density at radius 3 is 2.42 bits per heavy atom. The van der Waals surface area contributed by atoms with Crippen LogP contribution in [0.4, 0.5) is 4.79 Å². The summed E-state index contributed by atoms with van der Waals surface area (Å²) in [5.74, 6) is 0.551. The highest BCUT2D eigenvalue weighted by atomic mass is 16.5. The summed E-state index contributed by atoms with van der Waals surface area (Å²) in [5.41, 5.74) is 0.637. The molecule has 4 heteroatoms. The van der Waals surface area contributed by atoms with E-state index in [2.05, 4.69) is 26.1 Å². The maximum atomic E-state index is 11.8. The first-order valence-electron chi connectivity index (χ1n) is 7.43. The van der Waals surface area contributed by atoms with E-state index in [9.17, 15) is 4.79 Å². The average molecular weight is 268 g/mol. The summed E-state index contributed by atoms with van der Waals surface area (Å²) in [6.07, 6.45) is 3.43. The molecule has 2 aliphatic rings. The standard InChI is InChI=1S/C15H28N2O2/c1-14(2,3)12-11-17(13(18)19-4)10-7-15(12)5-8-16-9-6-15/h12,16H,5-11H2,1-4H3. The van der Waals surface area contributed by atoms with Gasteiger partial charge in [-0.15, -0.1) is 0 Å². The minimum atomic E-state index is -0.168. The minimum Gasteiger partial charge on any atom is -0.453 e. The predicted octanol–water partition coefficient (Wildman–Crippen LogP) is 2.49. The number of nitrogens with zero attached hydrogens (tertiary/aromatic N) is 1. The molecule has 0 saturated carbocycles. The van der Waals surface area contributed by atoms with Crippen molar-refractivity contribution in [3.05, 3.63) is 0 Å². The molecule has 1 N–H and O–H groups in total. The normalized spacial score (nSPS) is 27.4. The lowest BCUT2D eigenvalue weighted by atomic mass is 9.57. The van der Waals surface area contributed by atoms with E-state index in [1.54, 1.807) is 0 Å². The van der Waals surface area contributed by atoms with Gasteiger partial charge in [0.15, 0.2) is 0 Å². The monoisotopic (exact) mass is 268 g/mol. The molecule has 2 heterocycles. The smallest absolute Gasteiger partial charge is 0.409 e. The van der Waals surface area contributed by atoms with E-state index in [-0.39, 0.29) is 11.5 Å². The molecular formula is C15H28N2O2. The molecule has 2 rings (SSSR count). The molecule has 2 aliphatic heterocycles. The highest BCUT2D eigenvalue weighted by Crippen LogP contribution is 2.51. The molecule has 0 bridgehead atoms. The molecular weight excluding hydrogens is 240 g/mol. The van der Waals surface area contributed by atoms with Gasteiger partial charge in [-0.3, -0.25) is 0 Å². The molecule has 2 fully saturated rings. The Morgan fingerprint density at radius 2 is 1.89 bits per heavy atom. The fourth-order valence-electron chi connectivity index (χ4n) is 4.05. The molecule has 0 aromatic rings. The molecule has 1 unspecified atom stereocenters. The molecule has 1 amide bonds. The molecule has 19 heavy (non-hydrogen) atoms. The van der Waals surface area contributed by atoms with Crippen molar-refractivity contribution < 1.29 is 9.53 Å². The quantitative estimate of drug-likeness (QED) is 0.734. The summed E-state index contributed by atoms with van der Waals surface area (Å²) in [5, 5.41) is 3.47. The maximum absolute atomic E-state index is 11.8. The van der Waals surface area contributed by atoms with Crippen LogP contribution in [0, 0.1) is 16.7 Å². The van der Waals surface area contributed by atoms with Gasteiger partial charge in [0.25, 0.3) is 0 Å². The van der Waals surface area contributed by atoms with Crippen LogP contribution in [0.2, 0.25) is 0 Å². The highest BCUT2D eigenvalue weighted by molar-refractivity contribution is 5.67. The van der Waals surface area contributed by atoms with Crippen molar-refractivity contribution in [2.45, 2.75) is 40.0 Å². The van der Waals surface area contributed by atoms with Gasteiger partial charge in [-0.25, -0.2) is 4.79 Å². The van der Waals surface area contributed by atoms with Gasteiger partial charge in [0.2, 0.25) is 0 Å². The molecule has 4 nitrogen and oxygen atoms in total. The van der Waals surface area contributed by atoms with Crippen molar-refractivity contribution in [3.8, 4) is 0 Å². The first kappa shape index (κ1) is 14.6. The van der Waals surface area contributed by atoms with E-state index < -0.39 is 0 Å². The third-order valence-electron chi connectivity index (χ3n) is 5.10. The Balaban J connectivity index is 2.19. The maximum Gasteiger partial charge on any atom is 0.409 e. The summed E-state index contributed by atoms with van der Waals surface area (Å²) in [6.45, 7) is 10.8. The number of piperidine rings is 2. The van der Waals surface area contributed by atoms with E-state index in [0.29, 0.717) is 11.3 Å². The lowest BCUT2D eigenvalue weighted by Gasteiger charge is -2.54. The third kappa shape index (κ3) is 2.88. The molecule has 110 valence electrons. The van der Waals surface area contributed by atoms with Crippen LogP contribution in [0.15, 0.2) is 0 Å². The summed E-state index contributed by atoms with van der Waals surface area (Å²) < 4.78 is 4.90. The summed E-state index contributed by atoms with van der Waals surface area (Å²) in [4.78, 5) is 13.7. The van der Waals surface area contributed by atoms with E-state index in [1.165, 1.54) is 20.0 Å². The molecule has 0 aromatic heterocycles. The zero-order valence-electron chi connectivity index (χ0n) is 12.8. The zero-order chi connectivity index (χ0) is 14.1. The Bertz CT molecular complexity index is 330. The molecule has 2 saturated heterocycles. The van der Waals surface area contributed by atoms with Crippen LogP contribution in [-0.2, 0) is 4.74 Å². The highest BCUT2D eigenvalue weighted by Gasteiger charge is 2.49. The van der Waals surface area contributed by atoms with Crippen molar-refractivity contribution >= 4 is 6.09 Å². The largest absolute Gasteiger partial charge is 0.453 e. The zero-order valence-corrected chi connectivity index (χ0v) is 12.8. The van der Waals surface area contributed by atoms with Crippen LogP contribution < -0.4 is 5.32 Å². The lowest BCUT2D eigenvalue weighted by molar-refractivity contribution is -0.0426. The van der Waals surface area contributed by atoms with Crippen molar-refractivity contribution in [3.63, 3.8) is 0 Å². The van der Waals surface area contributed by atoms with Gasteiger partial charge in [-0.1, -0.05) is 20.8 Å². The van der Waals surface area contributed by atoms with Crippen molar-refractivity contribution in [2.75, 3.05) is 33.3 Å². The van der Waals surface area contributed by atoms with Crippen LogP contribution in [0.1, 0.15) is 40.0 Å². The number of likely N-dealkylation sites (tertiary alicyclic amines) is 1. The number of nitrogens with one attached hydrogen (secondary N) is 1. The number of carbonyl (C=O) groups excluding carboxylic acids is 1. The number of rotatable bonds is 0. The number of hydrogen-bond donors (Lipinski definition) is 1. The molecule has 0 radical (unpaired) electrons. The van der Waals surface area contributed by atoms with Gasteiger partial charge in [0.1, 0.15) is 0 Å². The topological polar surface area (TPSA) is 41.6 Å². The first-order valence-corrected chi connectivity index (χ1v) is 7.43. The summed E-state index contributed by atoms with van der Waals surface area (Å²) >= 11 is 0. The molecule has 0 aromatic carbocycles. The predicted molar refractivity (Wildman–Crippen MR) is 76.1 cm³/mol. The SMILES string of the molecule is COC(=O)N1CCC2(CCNCC2)C(C(C)(C)C)C1. The van der Waals surface area contributed by atoms with E-state index in [0.717, 1.165) is 32.6 Å². The van der Waals surface area contributed by atoms with Gasteiger partial charge < -0.3 is 15.0 Å². The second kappa shape index (κ2) is 5.31. The van der Waals surface area contributed by atoms with Crippen LogP contribution >= 0.6 is 0 Å². The van der Waals surface area contributed by atoms with Gasteiger partial charge in [-0.05, 0) is 49.1 Å². The summed E-state index contributed by atoms with van der Waals surface area (Å²) in [6, 6.07) is 0. The Morgan fingerprint density at radius 1 is 1.26 bits per heavy atom. The van der Waals surface area contributed by atoms with Gasteiger partial charge in [0.05, 0.1) is 7.11 Å². The Labute approximate surface area is 116 Å². The molecule has 1 spiro atoms. The van der Waals surface area contributed by atoms with Crippen molar-refractivity contribution in [1.29, 1.82) is 0 Å². The van der Waals surface area contributed by atoms with Crippen LogP contribution in [-0.4, -0.2) is 44.3 Å². The fourth-order valence-corrected chi connectivity index (χ4v) is 4.05. The number of carbonyl (C=O) groups is 1. The van der Waals surface area contributed by atoms with Gasteiger partial charge in [-0.2, -0.15) is 0 Å². The summed E-state index contributed by atoms with van der Waals surface area (Å²) in [7, 11) is 1.48. The van der Waals surface area contributed by atoms with E-state index in [4.69, 9.17) is 4.74 Å². The third-order valence-corrected chi connectivity index (χ3v) is 5.10. The second-order valence-electron chi connectivity index (χ2n) is 7.20. The van der Waals surface area contributed by atoms with Crippen LogP contribution in [0.3, 0.4) is 0 Å².